The fourth-order valence-corrected chi connectivity index (χ4v) is 2.91. The van der Waals surface area contributed by atoms with Gasteiger partial charge in [0.2, 0.25) is 0 Å². The van der Waals surface area contributed by atoms with Crippen LogP contribution in [0.4, 0.5) is 16.0 Å². The van der Waals surface area contributed by atoms with Gasteiger partial charge in [0.05, 0.1) is 18.9 Å². The number of aliphatic carboxylic acids is 1. The summed E-state index contributed by atoms with van der Waals surface area (Å²) in [5.41, 5.74) is 1.84. The molecule has 8 heteroatoms. The number of hydrogen-bond donors (Lipinski definition) is 1. The van der Waals surface area contributed by atoms with Gasteiger partial charge in [-0.25, -0.2) is 24.1 Å². The molecule has 7 nitrogen and oxygen atoms in total. The van der Waals surface area contributed by atoms with E-state index in [1.54, 1.807) is 12.1 Å². The number of carboxylic acids is 1. The summed E-state index contributed by atoms with van der Waals surface area (Å²) in [5.74, 6) is -0.447. The quantitative estimate of drug-likeness (QED) is 0.916. The molecule has 1 aromatic heterocycles. The number of rotatable bonds is 3. The summed E-state index contributed by atoms with van der Waals surface area (Å²) in [6, 6.07) is 5.98. The molecule has 0 aliphatic carbocycles. The number of halogens is 1. The molecule has 0 atom stereocenters. The normalized spacial score (nSPS) is 16.5. The Bertz CT molecular complexity index is 861. The molecule has 1 aromatic carbocycles. The maximum Gasteiger partial charge on any atom is 0.350 e. The highest BCUT2D eigenvalue weighted by molar-refractivity contribution is 6.37. The number of carbonyl (C=O) groups is 1. The second kappa shape index (κ2) is 6.21. The van der Waals surface area contributed by atoms with Crippen molar-refractivity contribution in [2.75, 3.05) is 31.2 Å². The SMILES string of the molecule is O=C(O)C1=Nc2nc(-c3ccc(F)cc3)c(N3CCOCC3)nc2C1. The number of anilines is 1. The zero-order valence-corrected chi connectivity index (χ0v) is 13.3. The molecular formula is C17H15FN4O3. The van der Waals surface area contributed by atoms with Gasteiger partial charge < -0.3 is 14.7 Å². The Morgan fingerprint density at radius 3 is 2.56 bits per heavy atom. The van der Waals surface area contributed by atoms with Crippen LogP contribution in [0.1, 0.15) is 5.69 Å². The van der Waals surface area contributed by atoms with Crippen LogP contribution in [0.15, 0.2) is 29.3 Å². The van der Waals surface area contributed by atoms with E-state index in [9.17, 15) is 9.18 Å². The summed E-state index contributed by atoms with van der Waals surface area (Å²) in [6.07, 6.45) is 0.151. The van der Waals surface area contributed by atoms with Gasteiger partial charge in [0.25, 0.3) is 0 Å². The minimum Gasteiger partial charge on any atom is -0.477 e. The van der Waals surface area contributed by atoms with Crippen molar-refractivity contribution in [2.45, 2.75) is 6.42 Å². The topological polar surface area (TPSA) is 87.9 Å². The number of nitrogens with zero attached hydrogens (tertiary/aromatic N) is 4. The monoisotopic (exact) mass is 342 g/mol. The van der Waals surface area contributed by atoms with Crippen molar-refractivity contribution >= 4 is 23.3 Å². The molecule has 4 rings (SSSR count). The molecule has 2 aliphatic rings. The van der Waals surface area contributed by atoms with Gasteiger partial charge in [-0.05, 0) is 24.3 Å². The molecule has 128 valence electrons. The fraction of sp³-hybridized carbons (Fsp3) is 0.294. The van der Waals surface area contributed by atoms with E-state index in [4.69, 9.17) is 9.84 Å². The van der Waals surface area contributed by atoms with Gasteiger partial charge in [0.1, 0.15) is 17.2 Å². The Labute approximate surface area is 142 Å². The first kappa shape index (κ1) is 15.6. The molecule has 3 heterocycles. The summed E-state index contributed by atoms with van der Waals surface area (Å²) in [5, 5.41) is 9.17. The van der Waals surface area contributed by atoms with Crippen molar-refractivity contribution < 1.29 is 19.0 Å². The number of ether oxygens (including phenoxy) is 1. The van der Waals surface area contributed by atoms with Crippen molar-refractivity contribution in [1.82, 2.24) is 9.97 Å². The second-order valence-corrected chi connectivity index (χ2v) is 5.81. The van der Waals surface area contributed by atoms with Crippen LogP contribution in [0.2, 0.25) is 0 Å². The number of morpholine rings is 1. The maximum atomic E-state index is 13.3. The van der Waals surface area contributed by atoms with E-state index in [0.717, 1.165) is 0 Å². The zero-order valence-electron chi connectivity index (χ0n) is 13.3. The van der Waals surface area contributed by atoms with Gasteiger partial charge >= 0.3 is 5.97 Å². The third-order valence-corrected chi connectivity index (χ3v) is 4.18. The Balaban J connectivity index is 1.82. The highest BCUT2D eigenvalue weighted by Gasteiger charge is 2.27. The molecule has 0 spiro atoms. The lowest BCUT2D eigenvalue weighted by Crippen LogP contribution is -2.37. The number of hydrogen-bond acceptors (Lipinski definition) is 6. The molecule has 1 fully saturated rings. The van der Waals surface area contributed by atoms with Crippen LogP contribution in [0, 0.1) is 5.82 Å². The number of fused-ring (bicyclic) bond motifs is 1. The van der Waals surface area contributed by atoms with Crippen LogP contribution < -0.4 is 4.90 Å². The van der Waals surface area contributed by atoms with Gasteiger partial charge in [-0.3, -0.25) is 0 Å². The number of aliphatic imine (C=N–C) groups is 1. The molecule has 25 heavy (non-hydrogen) atoms. The average molecular weight is 342 g/mol. The van der Waals surface area contributed by atoms with E-state index >= 15 is 0 Å². The fourth-order valence-electron chi connectivity index (χ4n) is 2.91. The standard InChI is InChI=1S/C17H15FN4O3/c18-11-3-1-10(2-4-11)14-16(22-5-7-25-8-6-22)20-12-9-13(17(23)24)19-15(12)21-14/h1-4H,5-9H2,(H,23,24). The van der Waals surface area contributed by atoms with Crippen LogP contribution in [-0.2, 0) is 16.0 Å². The third kappa shape index (κ3) is 2.96. The lowest BCUT2D eigenvalue weighted by Gasteiger charge is -2.29. The molecule has 0 saturated carbocycles. The van der Waals surface area contributed by atoms with E-state index in [-0.39, 0.29) is 17.9 Å². The largest absolute Gasteiger partial charge is 0.477 e. The van der Waals surface area contributed by atoms with Gasteiger partial charge in [-0.1, -0.05) is 0 Å². The zero-order chi connectivity index (χ0) is 17.4. The molecule has 0 amide bonds. The van der Waals surface area contributed by atoms with Gasteiger partial charge in [-0.15, -0.1) is 0 Å². The smallest absolute Gasteiger partial charge is 0.350 e. The van der Waals surface area contributed by atoms with E-state index in [2.05, 4.69) is 15.0 Å². The Kier molecular flexibility index (Phi) is 3.89. The van der Waals surface area contributed by atoms with Gasteiger partial charge in [0.15, 0.2) is 11.6 Å². The van der Waals surface area contributed by atoms with Crippen molar-refractivity contribution in [3.05, 3.63) is 35.8 Å². The van der Waals surface area contributed by atoms with Gasteiger partial charge in [0, 0.05) is 25.1 Å². The Morgan fingerprint density at radius 1 is 1.16 bits per heavy atom. The average Bonchev–Trinajstić information content (AvgIpc) is 3.05. The van der Waals surface area contributed by atoms with Crippen LogP contribution >= 0.6 is 0 Å². The molecule has 0 bridgehead atoms. The predicted molar refractivity (Wildman–Crippen MR) is 88.9 cm³/mol. The van der Waals surface area contributed by atoms with Crippen molar-refractivity contribution in [2.24, 2.45) is 4.99 Å². The van der Waals surface area contributed by atoms with Crippen molar-refractivity contribution in [3.8, 4) is 11.3 Å². The van der Waals surface area contributed by atoms with Crippen LogP contribution in [0.5, 0.6) is 0 Å². The van der Waals surface area contributed by atoms with Crippen molar-refractivity contribution in [1.29, 1.82) is 0 Å². The lowest BCUT2D eigenvalue weighted by molar-refractivity contribution is -0.129. The molecule has 2 aromatic rings. The summed E-state index contributed by atoms with van der Waals surface area (Å²) in [6.45, 7) is 2.49. The molecule has 0 unspecified atom stereocenters. The van der Waals surface area contributed by atoms with E-state index in [0.29, 0.717) is 54.9 Å². The van der Waals surface area contributed by atoms with Gasteiger partial charge in [-0.2, -0.15) is 0 Å². The summed E-state index contributed by atoms with van der Waals surface area (Å²) in [7, 11) is 0. The molecular weight excluding hydrogens is 327 g/mol. The first-order valence-electron chi connectivity index (χ1n) is 7.92. The lowest BCUT2D eigenvalue weighted by atomic mass is 10.1. The first-order valence-corrected chi connectivity index (χ1v) is 7.92. The summed E-state index contributed by atoms with van der Waals surface area (Å²) < 4.78 is 18.7. The summed E-state index contributed by atoms with van der Waals surface area (Å²) >= 11 is 0. The first-order chi connectivity index (χ1) is 12.1. The highest BCUT2D eigenvalue weighted by Crippen LogP contribution is 2.34. The molecule has 1 saturated heterocycles. The molecule has 0 radical (unpaired) electrons. The number of carboxylic acid groups (broad SMARTS) is 1. The maximum absolute atomic E-state index is 13.3. The second-order valence-electron chi connectivity index (χ2n) is 5.81. The highest BCUT2D eigenvalue weighted by atomic mass is 19.1. The van der Waals surface area contributed by atoms with Crippen LogP contribution in [0.25, 0.3) is 11.3 Å². The Morgan fingerprint density at radius 2 is 1.88 bits per heavy atom. The van der Waals surface area contributed by atoms with Crippen molar-refractivity contribution in [3.63, 3.8) is 0 Å². The minimum absolute atomic E-state index is 0.0270. The predicted octanol–water partition coefficient (Wildman–Crippen LogP) is 1.83. The van der Waals surface area contributed by atoms with E-state index in [1.165, 1.54) is 12.1 Å². The molecule has 1 N–H and O–H groups in total. The third-order valence-electron chi connectivity index (χ3n) is 4.18. The summed E-state index contributed by atoms with van der Waals surface area (Å²) in [4.78, 5) is 26.5. The molecule has 2 aliphatic heterocycles. The Hall–Kier alpha value is -2.87. The van der Waals surface area contributed by atoms with Crippen LogP contribution in [-0.4, -0.2) is 53.1 Å². The number of benzene rings is 1. The van der Waals surface area contributed by atoms with E-state index in [1.807, 2.05) is 4.90 Å². The number of aromatic nitrogens is 2. The van der Waals surface area contributed by atoms with E-state index < -0.39 is 5.97 Å². The minimum atomic E-state index is -1.07. The van der Waals surface area contributed by atoms with Crippen LogP contribution in [0.3, 0.4) is 0 Å².